The highest BCUT2D eigenvalue weighted by Gasteiger charge is 2.44. The molecule has 2 aromatic rings. The maximum Gasteiger partial charge on any atom is 0.271 e. The normalized spacial score (nSPS) is 18.7. The number of nitrogens with zero attached hydrogens (tertiary/aromatic N) is 3. The van der Waals surface area contributed by atoms with Crippen LogP contribution in [0.15, 0.2) is 58.5 Å². The van der Waals surface area contributed by atoms with Gasteiger partial charge in [-0.15, -0.1) is 0 Å². The van der Waals surface area contributed by atoms with Gasteiger partial charge in [0.15, 0.2) is 5.17 Å². The zero-order valence-corrected chi connectivity index (χ0v) is 21.2. The lowest BCUT2D eigenvalue weighted by atomic mass is 9.97. The first-order valence-electron chi connectivity index (χ1n) is 12.0. The number of carbonyl (C=O) groups is 2. The summed E-state index contributed by atoms with van der Waals surface area (Å²) in [5, 5.41) is 3.35. The van der Waals surface area contributed by atoms with Gasteiger partial charge >= 0.3 is 0 Å². The van der Waals surface area contributed by atoms with E-state index in [0.717, 1.165) is 23.4 Å². The molecule has 0 bridgehead atoms. The van der Waals surface area contributed by atoms with E-state index in [1.165, 1.54) is 17.3 Å². The number of fused-ring (bicyclic) bond motifs is 3. The number of thioether (sulfide) groups is 1. The van der Waals surface area contributed by atoms with E-state index >= 15 is 0 Å². The van der Waals surface area contributed by atoms with Crippen LogP contribution in [0.2, 0.25) is 0 Å². The third-order valence-electron chi connectivity index (χ3n) is 6.48. The third kappa shape index (κ3) is 4.67. The molecule has 0 saturated heterocycles. The molecule has 0 saturated carbocycles. The molecular formula is C27H32N4O2S. The molecule has 2 aliphatic rings. The van der Waals surface area contributed by atoms with Crippen molar-refractivity contribution in [1.29, 1.82) is 0 Å². The van der Waals surface area contributed by atoms with Crippen molar-refractivity contribution in [3.63, 3.8) is 0 Å². The SMILES string of the molecule is CCC(SC1=Nc2ccccc2C2=NC(=O)C(C(C)CC)N12)C(=O)Nc1ccc(C(C)C)cc1. The van der Waals surface area contributed by atoms with Gasteiger partial charge in [-0.05, 0) is 48.1 Å². The van der Waals surface area contributed by atoms with Crippen molar-refractivity contribution < 1.29 is 9.59 Å². The number of hydrogen-bond acceptors (Lipinski definition) is 5. The van der Waals surface area contributed by atoms with E-state index in [4.69, 9.17) is 4.99 Å². The van der Waals surface area contributed by atoms with Crippen LogP contribution >= 0.6 is 11.8 Å². The monoisotopic (exact) mass is 476 g/mol. The van der Waals surface area contributed by atoms with E-state index < -0.39 is 6.04 Å². The van der Waals surface area contributed by atoms with Crippen molar-refractivity contribution in [2.24, 2.45) is 15.9 Å². The molecule has 0 aromatic heterocycles. The maximum absolute atomic E-state index is 13.2. The first kappa shape index (κ1) is 24.2. The average Bonchev–Trinajstić information content (AvgIpc) is 3.19. The standard InChI is InChI=1S/C27H32N4O2S/c1-6-17(5)23-26(33)30-24-20-10-8-9-11-21(20)29-27(31(23)24)34-22(7-2)25(32)28-19-14-12-18(13-15-19)16(3)4/h8-17,22-23H,6-7H2,1-5H3,(H,28,32). The lowest BCUT2D eigenvalue weighted by Gasteiger charge is -2.34. The molecule has 2 amide bonds. The zero-order valence-electron chi connectivity index (χ0n) is 20.4. The minimum absolute atomic E-state index is 0.0737. The van der Waals surface area contributed by atoms with Gasteiger partial charge in [0.25, 0.3) is 5.91 Å². The smallest absolute Gasteiger partial charge is 0.271 e. The minimum Gasteiger partial charge on any atom is -0.325 e. The Labute approximate surface area is 205 Å². The first-order chi connectivity index (χ1) is 16.3. The Morgan fingerprint density at radius 3 is 2.38 bits per heavy atom. The quantitative estimate of drug-likeness (QED) is 0.535. The molecule has 0 radical (unpaired) electrons. The molecule has 0 spiro atoms. The highest BCUT2D eigenvalue weighted by atomic mass is 32.2. The summed E-state index contributed by atoms with van der Waals surface area (Å²) in [6, 6.07) is 15.3. The number of rotatable bonds is 7. The van der Waals surface area contributed by atoms with Crippen LogP contribution in [0, 0.1) is 5.92 Å². The topological polar surface area (TPSA) is 74.1 Å². The molecule has 2 aliphatic heterocycles. The number of amidine groups is 2. The molecule has 6 nitrogen and oxygen atoms in total. The number of aliphatic imine (C=N–C) groups is 2. The lowest BCUT2D eigenvalue weighted by molar-refractivity contribution is -0.120. The van der Waals surface area contributed by atoms with Crippen molar-refractivity contribution in [3.05, 3.63) is 59.7 Å². The van der Waals surface area contributed by atoms with Crippen LogP contribution in [-0.4, -0.2) is 39.0 Å². The summed E-state index contributed by atoms with van der Waals surface area (Å²) in [5.41, 5.74) is 3.64. The molecule has 2 aromatic carbocycles. The minimum atomic E-state index is -0.399. The highest BCUT2D eigenvalue weighted by molar-refractivity contribution is 8.15. The number of hydrogen-bond donors (Lipinski definition) is 1. The second kappa shape index (κ2) is 10.1. The number of anilines is 1. The summed E-state index contributed by atoms with van der Waals surface area (Å²) >= 11 is 1.41. The van der Waals surface area contributed by atoms with E-state index in [-0.39, 0.29) is 23.0 Å². The molecule has 0 fully saturated rings. The van der Waals surface area contributed by atoms with Crippen LogP contribution in [0.5, 0.6) is 0 Å². The number of carbonyl (C=O) groups excluding carboxylic acids is 2. The molecule has 0 aliphatic carbocycles. The van der Waals surface area contributed by atoms with Crippen molar-refractivity contribution in [1.82, 2.24) is 4.90 Å². The third-order valence-corrected chi connectivity index (χ3v) is 7.81. The van der Waals surface area contributed by atoms with E-state index in [9.17, 15) is 9.59 Å². The van der Waals surface area contributed by atoms with Crippen molar-refractivity contribution in [2.75, 3.05) is 5.32 Å². The molecular weight excluding hydrogens is 444 g/mol. The van der Waals surface area contributed by atoms with Gasteiger partial charge in [0.2, 0.25) is 5.91 Å². The van der Waals surface area contributed by atoms with Gasteiger partial charge in [-0.1, -0.05) is 77.1 Å². The predicted octanol–water partition coefficient (Wildman–Crippen LogP) is 5.97. The summed E-state index contributed by atoms with van der Waals surface area (Å²) in [4.78, 5) is 37.4. The fourth-order valence-electron chi connectivity index (χ4n) is 4.21. The van der Waals surface area contributed by atoms with Crippen molar-refractivity contribution >= 4 is 46.0 Å². The number of nitrogens with one attached hydrogen (secondary N) is 1. The molecule has 178 valence electrons. The van der Waals surface area contributed by atoms with Crippen LogP contribution in [0.3, 0.4) is 0 Å². The Morgan fingerprint density at radius 2 is 1.74 bits per heavy atom. The molecule has 1 N–H and O–H groups in total. The van der Waals surface area contributed by atoms with E-state index in [0.29, 0.717) is 23.3 Å². The average molecular weight is 477 g/mol. The van der Waals surface area contributed by atoms with Gasteiger partial charge in [0.1, 0.15) is 11.9 Å². The van der Waals surface area contributed by atoms with Gasteiger partial charge in [-0.25, -0.2) is 4.99 Å². The fraction of sp³-hybridized carbons (Fsp3) is 0.407. The number of amides is 2. The highest BCUT2D eigenvalue weighted by Crippen LogP contribution is 2.38. The van der Waals surface area contributed by atoms with Crippen LogP contribution in [0.25, 0.3) is 0 Å². The van der Waals surface area contributed by atoms with E-state index in [1.807, 2.05) is 60.4 Å². The Balaban J connectivity index is 1.61. The van der Waals surface area contributed by atoms with Crippen molar-refractivity contribution in [2.45, 2.75) is 64.7 Å². The molecule has 3 atom stereocenters. The summed E-state index contributed by atoms with van der Waals surface area (Å²) in [5.74, 6) is 0.974. The van der Waals surface area contributed by atoms with Gasteiger partial charge < -0.3 is 5.32 Å². The molecule has 34 heavy (non-hydrogen) atoms. The first-order valence-corrected chi connectivity index (χ1v) is 12.9. The van der Waals surface area contributed by atoms with Gasteiger partial charge in [0, 0.05) is 11.3 Å². The van der Waals surface area contributed by atoms with E-state index in [1.54, 1.807) is 0 Å². The fourth-order valence-corrected chi connectivity index (χ4v) is 5.26. The number of para-hydroxylation sites is 1. The van der Waals surface area contributed by atoms with Gasteiger partial charge in [0.05, 0.1) is 10.9 Å². The maximum atomic E-state index is 13.2. The second-order valence-corrected chi connectivity index (χ2v) is 10.3. The molecule has 2 heterocycles. The lowest BCUT2D eigenvalue weighted by Crippen LogP contribution is -2.47. The van der Waals surface area contributed by atoms with Gasteiger partial charge in [-0.2, -0.15) is 4.99 Å². The van der Waals surface area contributed by atoms with Crippen LogP contribution < -0.4 is 5.32 Å². The number of benzene rings is 2. The van der Waals surface area contributed by atoms with E-state index in [2.05, 4.69) is 38.0 Å². The predicted molar refractivity (Wildman–Crippen MR) is 141 cm³/mol. The summed E-state index contributed by atoms with van der Waals surface area (Å²) in [6.07, 6.45) is 1.48. The van der Waals surface area contributed by atoms with Crippen molar-refractivity contribution in [3.8, 4) is 0 Å². The zero-order chi connectivity index (χ0) is 24.4. The summed E-state index contributed by atoms with van der Waals surface area (Å²) < 4.78 is 0. The molecule has 7 heteroatoms. The Bertz CT molecular complexity index is 1140. The summed E-state index contributed by atoms with van der Waals surface area (Å²) in [7, 11) is 0. The van der Waals surface area contributed by atoms with Crippen LogP contribution in [-0.2, 0) is 9.59 Å². The Morgan fingerprint density at radius 1 is 1.03 bits per heavy atom. The van der Waals surface area contributed by atoms with Gasteiger partial charge in [-0.3, -0.25) is 14.5 Å². The summed E-state index contributed by atoms with van der Waals surface area (Å²) in [6.45, 7) is 10.4. The van der Waals surface area contributed by atoms with Crippen LogP contribution in [0.4, 0.5) is 11.4 Å². The Kier molecular flexibility index (Phi) is 7.22. The van der Waals surface area contributed by atoms with Crippen LogP contribution in [0.1, 0.15) is 64.5 Å². The Hall–Kier alpha value is -2.93. The largest absolute Gasteiger partial charge is 0.325 e. The second-order valence-electron chi connectivity index (χ2n) is 9.17. The molecule has 3 unspecified atom stereocenters. The molecule has 4 rings (SSSR count).